The molecule has 0 saturated carbocycles. The van der Waals surface area contributed by atoms with E-state index in [1.165, 1.54) is 49.2 Å². The SMILES string of the molecule is Cc1ccc([C@@H]2CN(Cc3cccnc3)[C@H]3C4CCN(CC4)[C@@H]23)cc1. The summed E-state index contributed by atoms with van der Waals surface area (Å²) in [7, 11) is 0. The molecular formula is C22H27N3. The van der Waals surface area contributed by atoms with E-state index in [4.69, 9.17) is 0 Å². The Morgan fingerprint density at radius 1 is 1.04 bits per heavy atom. The molecule has 6 rings (SSSR count). The molecule has 2 bridgehead atoms. The van der Waals surface area contributed by atoms with Gasteiger partial charge in [0.15, 0.2) is 0 Å². The second-order valence-electron chi connectivity index (χ2n) is 8.16. The number of aryl methyl sites for hydroxylation is 1. The van der Waals surface area contributed by atoms with Gasteiger partial charge in [0.05, 0.1) is 0 Å². The Hall–Kier alpha value is -1.71. The Labute approximate surface area is 150 Å². The lowest BCUT2D eigenvalue weighted by molar-refractivity contribution is -0.00871. The number of hydrogen-bond donors (Lipinski definition) is 0. The normalized spacial score (nSPS) is 34.2. The topological polar surface area (TPSA) is 19.4 Å². The molecule has 4 aliphatic rings. The largest absolute Gasteiger partial charge is 0.298 e. The van der Waals surface area contributed by atoms with Crippen molar-refractivity contribution in [3.63, 3.8) is 0 Å². The summed E-state index contributed by atoms with van der Waals surface area (Å²) in [6.07, 6.45) is 6.67. The van der Waals surface area contributed by atoms with Crippen LogP contribution in [-0.2, 0) is 6.54 Å². The van der Waals surface area contributed by atoms with Crippen LogP contribution >= 0.6 is 0 Å². The first-order valence-corrected chi connectivity index (χ1v) is 9.73. The fourth-order valence-electron chi connectivity index (χ4n) is 5.56. The van der Waals surface area contributed by atoms with Crippen molar-refractivity contribution in [1.29, 1.82) is 0 Å². The van der Waals surface area contributed by atoms with Crippen LogP contribution < -0.4 is 0 Å². The maximum atomic E-state index is 4.33. The zero-order chi connectivity index (χ0) is 16.8. The molecule has 2 aromatic rings. The van der Waals surface area contributed by atoms with E-state index in [0.717, 1.165) is 12.5 Å². The molecule has 4 fully saturated rings. The summed E-state index contributed by atoms with van der Waals surface area (Å²) in [6.45, 7) is 7.01. The Kier molecular flexibility index (Phi) is 3.87. The Morgan fingerprint density at radius 2 is 1.84 bits per heavy atom. The van der Waals surface area contributed by atoms with Gasteiger partial charge in [-0.05, 0) is 56.0 Å². The highest BCUT2D eigenvalue weighted by Crippen LogP contribution is 2.46. The molecule has 0 aliphatic carbocycles. The van der Waals surface area contributed by atoms with E-state index in [2.05, 4.69) is 58.1 Å². The molecule has 3 nitrogen and oxygen atoms in total. The Bertz CT molecular complexity index is 719. The third kappa shape index (κ3) is 2.70. The van der Waals surface area contributed by atoms with E-state index < -0.39 is 0 Å². The average Bonchev–Trinajstić information content (AvgIpc) is 3.06. The first-order chi connectivity index (χ1) is 12.3. The molecule has 5 heterocycles. The molecule has 4 saturated heterocycles. The average molecular weight is 333 g/mol. The van der Waals surface area contributed by atoms with Crippen LogP contribution in [0.1, 0.15) is 35.4 Å². The summed E-state index contributed by atoms with van der Waals surface area (Å²) in [4.78, 5) is 9.88. The number of fused-ring (bicyclic) bond motifs is 2. The van der Waals surface area contributed by atoms with Gasteiger partial charge in [0.2, 0.25) is 0 Å². The van der Waals surface area contributed by atoms with Crippen LogP contribution in [0, 0.1) is 12.8 Å². The molecule has 0 spiro atoms. The Morgan fingerprint density at radius 3 is 2.56 bits per heavy atom. The molecule has 130 valence electrons. The zero-order valence-electron chi connectivity index (χ0n) is 15.0. The van der Waals surface area contributed by atoms with Gasteiger partial charge in [-0.2, -0.15) is 0 Å². The van der Waals surface area contributed by atoms with Gasteiger partial charge in [0.25, 0.3) is 0 Å². The highest BCUT2D eigenvalue weighted by Gasteiger charge is 2.53. The predicted octanol–water partition coefficient (Wildman–Crippen LogP) is 3.45. The lowest BCUT2D eigenvalue weighted by Crippen LogP contribution is -2.59. The van der Waals surface area contributed by atoms with Crippen molar-refractivity contribution in [3.8, 4) is 0 Å². The number of aromatic nitrogens is 1. The minimum absolute atomic E-state index is 0.644. The zero-order valence-corrected chi connectivity index (χ0v) is 15.0. The van der Waals surface area contributed by atoms with Gasteiger partial charge >= 0.3 is 0 Å². The van der Waals surface area contributed by atoms with Crippen LogP contribution in [0.2, 0.25) is 0 Å². The van der Waals surface area contributed by atoms with Gasteiger partial charge in [0.1, 0.15) is 0 Å². The van der Waals surface area contributed by atoms with Crippen molar-refractivity contribution < 1.29 is 0 Å². The van der Waals surface area contributed by atoms with E-state index in [1.807, 2.05) is 12.4 Å². The van der Waals surface area contributed by atoms with Crippen molar-refractivity contribution in [1.82, 2.24) is 14.8 Å². The minimum atomic E-state index is 0.644. The quantitative estimate of drug-likeness (QED) is 0.857. The van der Waals surface area contributed by atoms with Gasteiger partial charge in [-0.15, -0.1) is 0 Å². The first-order valence-electron chi connectivity index (χ1n) is 9.73. The van der Waals surface area contributed by atoms with Crippen LogP contribution in [0.25, 0.3) is 0 Å². The van der Waals surface area contributed by atoms with Crippen molar-refractivity contribution >= 4 is 0 Å². The molecule has 25 heavy (non-hydrogen) atoms. The summed E-state index contributed by atoms with van der Waals surface area (Å²) in [6, 6.07) is 15.0. The lowest BCUT2D eigenvalue weighted by Gasteiger charge is -2.51. The van der Waals surface area contributed by atoms with Gasteiger partial charge in [0, 0.05) is 43.5 Å². The molecule has 4 aliphatic heterocycles. The van der Waals surface area contributed by atoms with Gasteiger partial charge in [-0.3, -0.25) is 14.8 Å². The maximum Gasteiger partial charge on any atom is 0.0335 e. The summed E-state index contributed by atoms with van der Waals surface area (Å²) in [5, 5.41) is 0. The van der Waals surface area contributed by atoms with Crippen molar-refractivity contribution in [2.45, 2.75) is 44.3 Å². The molecule has 0 N–H and O–H groups in total. The molecular weight excluding hydrogens is 306 g/mol. The molecule has 1 aromatic heterocycles. The monoisotopic (exact) mass is 333 g/mol. The fraction of sp³-hybridized carbons (Fsp3) is 0.500. The first kappa shape index (κ1) is 15.5. The lowest BCUT2D eigenvalue weighted by atomic mass is 9.75. The number of benzene rings is 1. The van der Waals surface area contributed by atoms with Crippen molar-refractivity contribution in [2.24, 2.45) is 5.92 Å². The predicted molar refractivity (Wildman–Crippen MR) is 100 cm³/mol. The van der Waals surface area contributed by atoms with Crippen LogP contribution in [0.15, 0.2) is 48.8 Å². The second-order valence-corrected chi connectivity index (χ2v) is 8.16. The smallest absolute Gasteiger partial charge is 0.0335 e. The van der Waals surface area contributed by atoms with Gasteiger partial charge < -0.3 is 0 Å². The van der Waals surface area contributed by atoms with Crippen molar-refractivity contribution in [3.05, 3.63) is 65.5 Å². The number of rotatable bonds is 3. The molecule has 1 aromatic carbocycles. The molecule has 3 atom stereocenters. The fourth-order valence-corrected chi connectivity index (χ4v) is 5.56. The number of likely N-dealkylation sites (tertiary alicyclic amines) is 1. The van der Waals surface area contributed by atoms with Crippen LogP contribution in [0.3, 0.4) is 0 Å². The van der Waals surface area contributed by atoms with Crippen LogP contribution in [0.5, 0.6) is 0 Å². The highest BCUT2D eigenvalue weighted by atomic mass is 15.3. The van der Waals surface area contributed by atoms with Crippen LogP contribution in [-0.4, -0.2) is 46.5 Å². The number of piperidine rings is 3. The third-order valence-corrected chi connectivity index (χ3v) is 6.71. The van der Waals surface area contributed by atoms with E-state index in [0.29, 0.717) is 18.0 Å². The number of nitrogens with zero attached hydrogens (tertiary/aromatic N) is 3. The number of hydrogen-bond acceptors (Lipinski definition) is 3. The minimum Gasteiger partial charge on any atom is -0.298 e. The van der Waals surface area contributed by atoms with E-state index in [1.54, 1.807) is 0 Å². The van der Waals surface area contributed by atoms with E-state index >= 15 is 0 Å². The van der Waals surface area contributed by atoms with E-state index in [9.17, 15) is 0 Å². The van der Waals surface area contributed by atoms with E-state index in [-0.39, 0.29) is 0 Å². The standard InChI is InChI=1S/C22H27N3/c1-16-4-6-18(7-5-16)20-15-25(14-17-3-2-10-23-13-17)21-19-8-11-24(12-9-19)22(20)21/h2-7,10,13,19-22H,8-9,11-12,14-15H2,1H3/t20-,21-,22-/m0/s1. The molecule has 0 unspecified atom stereocenters. The molecule has 0 radical (unpaired) electrons. The Balaban J connectivity index is 1.47. The maximum absolute atomic E-state index is 4.33. The summed E-state index contributed by atoms with van der Waals surface area (Å²) >= 11 is 0. The second kappa shape index (κ2) is 6.22. The molecule has 0 amide bonds. The summed E-state index contributed by atoms with van der Waals surface area (Å²) in [5.41, 5.74) is 4.24. The number of pyridine rings is 1. The molecule has 3 heteroatoms. The van der Waals surface area contributed by atoms with Crippen molar-refractivity contribution in [2.75, 3.05) is 19.6 Å². The van der Waals surface area contributed by atoms with Crippen LogP contribution in [0.4, 0.5) is 0 Å². The summed E-state index contributed by atoms with van der Waals surface area (Å²) in [5.74, 6) is 1.52. The van der Waals surface area contributed by atoms with Gasteiger partial charge in [-0.1, -0.05) is 35.9 Å². The highest BCUT2D eigenvalue weighted by molar-refractivity contribution is 5.30. The van der Waals surface area contributed by atoms with Gasteiger partial charge in [-0.25, -0.2) is 0 Å². The third-order valence-electron chi connectivity index (χ3n) is 6.71. The summed E-state index contributed by atoms with van der Waals surface area (Å²) < 4.78 is 0.